The molecule has 2 amide bonds. The Morgan fingerprint density at radius 1 is 0.772 bits per heavy atom. The lowest BCUT2D eigenvalue weighted by atomic mass is 9.89. The number of rotatable bonds is 13. The summed E-state index contributed by atoms with van der Waals surface area (Å²) in [4.78, 5) is 32.1. The minimum atomic E-state index is -0.354. The molecule has 11 nitrogen and oxygen atoms in total. The fourth-order valence-electron chi connectivity index (χ4n) is 7.07. The third-order valence-electron chi connectivity index (χ3n) is 9.88. The predicted molar refractivity (Wildman–Crippen MR) is 223 cm³/mol. The highest BCUT2D eigenvalue weighted by molar-refractivity contribution is 6.09. The van der Waals surface area contributed by atoms with E-state index in [9.17, 15) is 9.59 Å². The van der Waals surface area contributed by atoms with Crippen LogP contribution >= 0.6 is 0 Å². The van der Waals surface area contributed by atoms with Gasteiger partial charge in [-0.05, 0) is 105 Å². The number of amides is 2. The normalized spacial score (nSPS) is 11.5. The molecule has 0 saturated heterocycles. The molecule has 2 heterocycles. The Morgan fingerprint density at radius 3 is 2.16 bits per heavy atom. The van der Waals surface area contributed by atoms with Gasteiger partial charge < -0.3 is 34.4 Å². The minimum Gasteiger partial charge on any atom is -0.497 e. The number of aryl methyl sites for hydroxylation is 2. The molecule has 11 heteroatoms. The summed E-state index contributed by atoms with van der Waals surface area (Å²) in [5.74, 6) is 1.76. The Balaban J connectivity index is 1.16. The Morgan fingerprint density at radius 2 is 1.47 bits per heavy atom. The quantitative estimate of drug-likeness (QED) is 0.0784. The zero-order chi connectivity index (χ0) is 40.1. The van der Waals surface area contributed by atoms with Crippen LogP contribution in [0.2, 0.25) is 0 Å². The van der Waals surface area contributed by atoms with Crippen LogP contribution in [-0.4, -0.2) is 50.9 Å². The van der Waals surface area contributed by atoms with Crippen molar-refractivity contribution < 1.29 is 28.0 Å². The van der Waals surface area contributed by atoms with Gasteiger partial charge in [-0.3, -0.25) is 14.6 Å². The summed E-state index contributed by atoms with van der Waals surface area (Å²) in [5.41, 5.74) is 9.53. The standard InChI is InChI=1S/C46H45N5O6/c1-7-47-37-23-39-35(21-27(37)3)44(36-22-28(4)38(48-8-2)24-40(36)56-39)33-11-9-10-12-34(33)46(53)50-26-49-42(52)25-41-43(29-13-17-31(54-5)18-14-29)45(51-57-41)30-15-19-32(55-6)20-16-30/h9-24,47H,7-8,25-26H2,1-6H3,(H,49,52)(H,50,53)/b48-38+. The lowest BCUT2D eigenvalue weighted by molar-refractivity contribution is -0.120. The van der Waals surface area contributed by atoms with Gasteiger partial charge in [0.15, 0.2) is 5.76 Å². The summed E-state index contributed by atoms with van der Waals surface area (Å²) < 4.78 is 23.0. The van der Waals surface area contributed by atoms with E-state index in [1.165, 1.54) is 0 Å². The summed E-state index contributed by atoms with van der Waals surface area (Å²) in [5, 5.41) is 15.3. The highest BCUT2D eigenvalue weighted by atomic mass is 16.5. The van der Waals surface area contributed by atoms with Crippen LogP contribution in [0.5, 0.6) is 11.5 Å². The van der Waals surface area contributed by atoms with Gasteiger partial charge in [-0.15, -0.1) is 0 Å². The lowest BCUT2D eigenvalue weighted by Crippen LogP contribution is -2.38. The second-order valence-corrected chi connectivity index (χ2v) is 13.6. The Labute approximate surface area is 331 Å². The molecule has 5 aromatic rings. The fraction of sp³-hybridized carbons (Fsp3) is 0.217. The number of methoxy groups -OCH3 is 2. The number of hydrogen-bond acceptors (Lipinski definition) is 9. The molecule has 7 rings (SSSR count). The Kier molecular flexibility index (Phi) is 11.4. The summed E-state index contributed by atoms with van der Waals surface area (Å²) in [6, 6.07) is 30.6. The van der Waals surface area contributed by atoms with Gasteiger partial charge in [0.1, 0.15) is 28.5 Å². The van der Waals surface area contributed by atoms with Crippen molar-refractivity contribution >= 4 is 28.5 Å². The van der Waals surface area contributed by atoms with Crippen molar-refractivity contribution in [2.75, 3.05) is 39.3 Å². The maximum Gasteiger partial charge on any atom is 0.253 e. The highest BCUT2D eigenvalue weighted by Crippen LogP contribution is 2.43. The zero-order valence-corrected chi connectivity index (χ0v) is 32.9. The van der Waals surface area contributed by atoms with E-state index in [4.69, 9.17) is 18.4 Å². The second-order valence-electron chi connectivity index (χ2n) is 13.6. The summed E-state index contributed by atoms with van der Waals surface area (Å²) >= 11 is 0. The van der Waals surface area contributed by atoms with E-state index >= 15 is 0 Å². The summed E-state index contributed by atoms with van der Waals surface area (Å²) in [6.45, 7) is 9.44. The van der Waals surface area contributed by atoms with Crippen LogP contribution in [0, 0.1) is 13.8 Å². The molecule has 0 spiro atoms. The van der Waals surface area contributed by atoms with Crippen LogP contribution in [0.4, 0.5) is 5.69 Å². The van der Waals surface area contributed by atoms with E-state index in [1.807, 2.05) is 92.7 Å². The van der Waals surface area contributed by atoms with Crippen molar-refractivity contribution in [3.8, 4) is 56.3 Å². The molecule has 1 aromatic heterocycles. The average Bonchev–Trinajstić information content (AvgIpc) is 3.64. The lowest BCUT2D eigenvalue weighted by Gasteiger charge is -2.20. The third kappa shape index (κ3) is 7.95. The van der Waals surface area contributed by atoms with Crippen molar-refractivity contribution in [2.45, 2.75) is 34.1 Å². The first kappa shape index (κ1) is 38.4. The number of ether oxygens (including phenoxy) is 2. The van der Waals surface area contributed by atoms with Crippen molar-refractivity contribution in [2.24, 2.45) is 4.99 Å². The van der Waals surface area contributed by atoms with Gasteiger partial charge in [0, 0.05) is 58.5 Å². The Bertz CT molecular complexity index is 2610. The van der Waals surface area contributed by atoms with Crippen LogP contribution in [-0.2, 0) is 11.2 Å². The van der Waals surface area contributed by atoms with Crippen LogP contribution in [0.25, 0.3) is 55.8 Å². The highest BCUT2D eigenvalue weighted by Gasteiger charge is 2.24. The first-order chi connectivity index (χ1) is 27.7. The number of anilines is 1. The molecule has 57 heavy (non-hydrogen) atoms. The van der Waals surface area contributed by atoms with Gasteiger partial charge in [-0.1, -0.05) is 35.5 Å². The van der Waals surface area contributed by atoms with Crippen LogP contribution in [0.1, 0.15) is 41.1 Å². The zero-order valence-electron chi connectivity index (χ0n) is 32.9. The molecule has 1 aliphatic heterocycles. The SMILES string of the molecule is CC/N=c1\cc2oc3cc(NCC)c(C)cc3c(-c3ccccc3C(=O)NCNC(=O)Cc3onc(-c4ccc(OC)cc4)c3-c3ccc(OC)cc3)c-2cc1C. The number of fused-ring (bicyclic) bond motifs is 2. The van der Waals surface area contributed by atoms with Crippen LogP contribution in [0.3, 0.4) is 0 Å². The first-order valence-electron chi connectivity index (χ1n) is 18.9. The van der Waals surface area contributed by atoms with E-state index in [0.717, 1.165) is 61.9 Å². The van der Waals surface area contributed by atoms with Gasteiger partial charge in [0.2, 0.25) is 5.91 Å². The number of nitrogens with one attached hydrogen (secondary N) is 3. The molecular weight excluding hydrogens is 719 g/mol. The summed E-state index contributed by atoms with van der Waals surface area (Å²) in [6.07, 6.45) is -0.109. The molecule has 0 bridgehead atoms. The topological polar surface area (TPSA) is 140 Å². The largest absolute Gasteiger partial charge is 0.497 e. The molecule has 0 unspecified atom stereocenters. The van der Waals surface area contributed by atoms with Crippen LogP contribution < -0.4 is 30.8 Å². The number of benzene rings is 5. The average molecular weight is 764 g/mol. The molecule has 0 radical (unpaired) electrons. The van der Waals surface area contributed by atoms with Crippen LogP contribution in [0.15, 0.2) is 111 Å². The van der Waals surface area contributed by atoms with E-state index in [2.05, 4.69) is 52.1 Å². The molecule has 0 atom stereocenters. The molecule has 0 saturated carbocycles. The maximum absolute atomic E-state index is 14.0. The molecule has 3 N–H and O–H groups in total. The molecular formula is C46H45N5O6. The minimum absolute atomic E-state index is 0.109. The molecule has 0 fully saturated rings. The molecule has 4 aromatic carbocycles. The summed E-state index contributed by atoms with van der Waals surface area (Å²) in [7, 11) is 3.21. The number of carbonyl (C=O) groups is 2. The van der Waals surface area contributed by atoms with Gasteiger partial charge in [0.05, 0.1) is 38.2 Å². The first-order valence-corrected chi connectivity index (χ1v) is 18.9. The van der Waals surface area contributed by atoms with E-state index in [1.54, 1.807) is 20.3 Å². The molecule has 290 valence electrons. The van der Waals surface area contributed by atoms with Crippen molar-refractivity contribution in [1.29, 1.82) is 0 Å². The second kappa shape index (κ2) is 16.9. The van der Waals surface area contributed by atoms with Gasteiger partial charge in [-0.2, -0.15) is 0 Å². The van der Waals surface area contributed by atoms with E-state index in [0.29, 0.717) is 52.0 Å². The smallest absolute Gasteiger partial charge is 0.253 e. The molecule has 2 aliphatic rings. The van der Waals surface area contributed by atoms with Gasteiger partial charge in [0.25, 0.3) is 5.91 Å². The third-order valence-corrected chi connectivity index (χ3v) is 9.88. The number of carbonyl (C=O) groups excluding carboxylic acids is 2. The Hall–Kier alpha value is -6.88. The fourth-order valence-corrected chi connectivity index (χ4v) is 7.07. The predicted octanol–water partition coefficient (Wildman–Crippen LogP) is 8.56. The molecule has 1 aliphatic carbocycles. The number of nitrogens with zero attached hydrogens (tertiary/aromatic N) is 2. The van der Waals surface area contributed by atoms with Crippen molar-refractivity contribution in [3.05, 3.63) is 125 Å². The monoisotopic (exact) mass is 763 g/mol. The van der Waals surface area contributed by atoms with Gasteiger partial charge in [-0.25, -0.2) is 0 Å². The van der Waals surface area contributed by atoms with E-state index in [-0.39, 0.29) is 24.9 Å². The maximum atomic E-state index is 14.0. The van der Waals surface area contributed by atoms with Gasteiger partial charge >= 0.3 is 0 Å². The van der Waals surface area contributed by atoms with Crippen molar-refractivity contribution in [1.82, 2.24) is 15.8 Å². The van der Waals surface area contributed by atoms with Crippen molar-refractivity contribution in [3.63, 3.8) is 0 Å². The van der Waals surface area contributed by atoms with E-state index < -0.39 is 0 Å². The number of aromatic nitrogens is 1. The number of hydrogen-bond donors (Lipinski definition) is 3.